The molecular formula is C11H13F3N2O. The summed E-state index contributed by atoms with van der Waals surface area (Å²) in [4.78, 5) is 3.75. The highest BCUT2D eigenvalue weighted by atomic mass is 19.4. The number of piperidine rings is 1. The molecule has 2 rings (SSSR count). The van der Waals surface area contributed by atoms with Crippen molar-refractivity contribution >= 4 is 0 Å². The van der Waals surface area contributed by atoms with Crippen LogP contribution in [0, 0.1) is 0 Å². The van der Waals surface area contributed by atoms with Crippen molar-refractivity contribution in [3.05, 3.63) is 24.5 Å². The number of ether oxygens (including phenoxy) is 1. The van der Waals surface area contributed by atoms with E-state index in [1.807, 2.05) is 0 Å². The predicted molar refractivity (Wildman–Crippen MR) is 55.8 cm³/mol. The van der Waals surface area contributed by atoms with Gasteiger partial charge in [0.05, 0.1) is 0 Å². The third-order valence-electron chi connectivity index (χ3n) is 2.82. The molecule has 1 atom stereocenters. The van der Waals surface area contributed by atoms with Gasteiger partial charge in [-0.05, 0) is 31.5 Å². The minimum atomic E-state index is -4.39. The van der Waals surface area contributed by atoms with E-state index in [-0.39, 0.29) is 18.7 Å². The molecule has 1 aromatic heterocycles. The van der Waals surface area contributed by atoms with Crippen LogP contribution in [0.3, 0.4) is 0 Å². The summed E-state index contributed by atoms with van der Waals surface area (Å²) in [6.45, 7) is 0.385. The molecule has 0 spiro atoms. The Balaban J connectivity index is 2.22. The lowest BCUT2D eigenvalue weighted by Gasteiger charge is -2.39. The van der Waals surface area contributed by atoms with Gasteiger partial charge in [-0.2, -0.15) is 13.2 Å². The van der Waals surface area contributed by atoms with E-state index in [4.69, 9.17) is 4.74 Å². The molecule has 1 unspecified atom stereocenters. The summed E-state index contributed by atoms with van der Waals surface area (Å²) >= 11 is 0. The zero-order chi connectivity index (χ0) is 12.4. The third-order valence-corrected chi connectivity index (χ3v) is 2.82. The van der Waals surface area contributed by atoms with Gasteiger partial charge in [0, 0.05) is 18.9 Å². The molecule has 2 heterocycles. The number of hydrogen-bond donors (Lipinski definition) is 1. The molecule has 0 aromatic carbocycles. The molecule has 0 amide bonds. The number of alkyl halides is 3. The number of rotatable bonds is 2. The molecule has 1 aliphatic rings. The van der Waals surface area contributed by atoms with Crippen molar-refractivity contribution in [1.29, 1.82) is 0 Å². The van der Waals surface area contributed by atoms with Crippen LogP contribution in [0.4, 0.5) is 13.2 Å². The number of hydrogen-bond acceptors (Lipinski definition) is 3. The molecule has 6 heteroatoms. The molecule has 1 saturated heterocycles. The lowest BCUT2D eigenvalue weighted by atomic mass is 9.93. The van der Waals surface area contributed by atoms with E-state index in [1.165, 1.54) is 24.5 Å². The number of nitrogens with one attached hydrogen (secondary N) is 1. The lowest BCUT2D eigenvalue weighted by Crippen LogP contribution is -2.59. The van der Waals surface area contributed by atoms with Crippen LogP contribution in [0.1, 0.15) is 12.8 Å². The van der Waals surface area contributed by atoms with Crippen LogP contribution in [-0.4, -0.2) is 29.9 Å². The van der Waals surface area contributed by atoms with Gasteiger partial charge < -0.3 is 10.1 Å². The average molecular weight is 246 g/mol. The fourth-order valence-corrected chi connectivity index (χ4v) is 1.90. The normalized spacial score (nSPS) is 25.6. The second-order valence-corrected chi connectivity index (χ2v) is 4.06. The van der Waals surface area contributed by atoms with E-state index < -0.39 is 11.8 Å². The van der Waals surface area contributed by atoms with E-state index in [0.717, 1.165) is 0 Å². The van der Waals surface area contributed by atoms with Crippen molar-refractivity contribution < 1.29 is 17.9 Å². The maximum absolute atomic E-state index is 13.1. The maximum Gasteiger partial charge on any atom is 0.429 e. The first kappa shape index (κ1) is 12.2. The van der Waals surface area contributed by atoms with E-state index in [2.05, 4.69) is 10.3 Å². The van der Waals surface area contributed by atoms with Gasteiger partial charge in [0.15, 0.2) is 0 Å². The van der Waals surface area contributed by atoms with Crippen molar-refractivity contribution in [3.63, 3.8) is 0 Å². The minimum Gasteiger partial charge on any atom is -0.476 e. The average Bonchev–Trinajstić information content (AvgIpc) is 2.30. The Morgan fingerprint density at radius 2 is 2.00 bits per heavy atom. The third kappa shape index (κ3) is 2.52. The smallest absolute Gasteiger partial charge is 0.429 e. The topological polar surface area (TPSA) is 34.1 Å². The Morgan fingerprint density at radius 1 is 1.29 bits per heavy atom. The van der Waals surface area contributed by atoms with Crippen molar-refractivity contribution in [3.8, 4) is 5.75 Å². The molecule has 1 N–H and O–H groups in total. The van der Waals surface area contributed by atoms with Gasteiger partial charge >= 0.3 is 6.18 Å². The lowest BCUT2D eigenvalue weighted by molar-refractivity contribution is -0.252. The number of halogens is 3. The van der Waals surface area contributed by atoms with Gasteiger partial charge in [-0.3, -0.25) is 4.98 Å². The van der Waals surface area contributed by atoms with Crippen molar-refractivity contribution in [2.45, 2.75) is 24.6 Å². The number of aromatic nitrogens is 1. The quantitative estimate of drug-likeness (QED) is 0.868. The van der Waals surface area contributed by atoms with Crippen LogP contribution in [0.2, 0.25) is 0 Å². The van der Waals surface area contributed by atoms with Crippen LogP contribution >= 0.6 is 0 Å². The fourth-order valence-electron chi connectivity index (χ4n) is 1.90. The Kier molecular flexibility index (Phi) is 3.24. The maximum atomic E-state index is 13.1. The molecule has 0 saturated carbocycles. The first-order valence-corrected chi connectivity index (χ1v) is 5.40. The van der Waals surface area contributed by atoms with Crippen LogP contribution in [0.25, 0.3) is 0 Å². The van der Waals surface area contributed by atoms with E-state index >= 15 is 0 Å². The Morgan fingerprint density at radius 3 is 2.53 bits per heavy atom. The Labute approximate surface area is 97.0 Å². The fraction of sp³-hybridized carbons (Fsp3) is 0.545. The van der Waals surface area contributed by atoms with E-state index in [0.29, 0.717) is 13.0 Å². The summed E-state index contributed by atoms with van der Waals surface area (Å²) in [5, 5.41) is 2.74. The minimum absolute atomic E-state index is 0.0220. The highest BCUT2D eigenvalue weighted by molar-refractivity contribution is 5.19. The molecule has 1 fully saturated rings. The van der Waals surface area contributed by atoms with Gasteiger partial charge in [-0.25, -0.2) is 0 Å². The van der Waals surface area contributed by atoms with Gasteiger partial charge in [0.25, 0.3) is 0 Å². The van der Waals surface area contributed by atoms with E-state index in [1.54, 1.807) is 0 Å². The molecule has 94 valence electrons. The van der Waals surface area contributed by atoms with Gasteiger partial charge in [-0.15, -0.1) is 0 Å². The molecular weight excluding hydrogens is 233 g/mol. The molecule has 1 aliphatic heterocycles. The standard InChI is InChI=1S/C11H13F3N2O/c12-11(13,14)10(4-1-5-16-8-10)17-9-2-6-15-7-3-9/h2-3,6-7,16H,1,4-5,8H2. The SMILES string of the molecule is FC(F)(F)C1(Oc2ccncc2)CCCNC1. The van der Waals surface area contributed by atoms with Gasteiger partial charge in [-0.1, -0.05) is 0 Å². The van der Waals surface area contributed by atoms with Crippen LogP contribution in [0.5, 0.6) is 5.75 Å². The largest absolute Gasteiger partial charge is 0.476 e. The van der Waals surface area contributed by atoms with Crippen molar-refractivity contribution in [2.24, 2.45) is 0 Å². The highest BCUT2D eigenvalue weighted by Crippen LogP contribution is 2.39. The second-order valence-electron chi connectivity index (χ2n) is 4.06. The number of pyridine rings is 1. The van der Waals surface area contributed by atoms with Crippen LogP contribution < -0.4 is 10.1 Å². The van der Waals surface area contributed by atoms with Gasteiger partial charge in [0.1, 0.15) is 5.75 Å². The Bertz CT molecular complexity index is 361. The molecule has 1 aromatic rings. The monoisotopic (exact) mass is 246 g/mol. The molecule has 0 aliphatic carbocycles. The molecule has 17 heavy (non-hydrogen) atoms. The van der Waals surface area contributed by atoms with Gasteiger partial charge in [0.2, 0.25) is 5.60 Å². The summed E-state index contributed by atoms with van der Waals surface area (Å²) in [6, 6.07) is 2.87. The first-order chi connectivity index (χ1) is 8.04. The van der Waals surface area contributed by atoms with Crippen LogP contribution in [-0.2, 0) is 0 Å². The highest BCUT2D eigenvalue weighted by Gasteiger charge is 2.57. The summed E-state index contributed by atoms with van der Waals surface area (Å²) in [5.74, 6) is 0.195. The summed E-state index contributed by atoms with van der Waals surface area (Å²) < 4.78 is 44.5. The first-order valence-electron chi connectivity index (χ1n) is 5.40. The van der Waals surface area contributed by atoms with E-state index in [9.17, 15) is 13.2 Å². The van der Waals surface area contributed by atoms with Crippen molar-refractivity contribution in [1.82, 2.24) is 10.3 Å². The second kappa shape index (κ2) is 4.52. The summed E-state index contributed by atoms with van der Waals surface area (Å²) in [5.41, 5.74) is -2.12. The predicted octanol–water partition coefficient (Wildman–Crippen LogP) is 2.14. The summed E-state index contributed by atoms with van der Waals surface area (Å²) in [7, 11) is 0. The van der Waals surface area contributed by atoms with Crippen molar-refractivity contribution in [2.75, 3.05) is 13.1 Å². The molecule has 0 bridgehead atoms. The van der Waals surface area contributed by atoms with Crippen LogP contribution in [0.15, 0.2) is 24.5 Å². The number of nitrogens with zero attached hydrogens (tertiary/aromatic N) is 1. The molecule has 3 nitrogen and oxygen atoms in total. The molecule has 0 radical (unpaired) electrons. The Hall–Kier alpha value is -1.30. The zero-order valence-electron chi connectivity index (χ0n) is 9.13. The zero-order valence-corrected chi connectivity index (χ0v) is 9.13. The summed E-state index contributed by atoms with van der Waals surface area (Å²) in [6.07, 6.45) is -1.13.